The lowest BCUT2D eigenvalue weighted by atomic mass is 9.97. The van der Waals surface area contributed by atoms with Crippen LogP contribution in [-0.4, -0.2) is 37.9 Å². The summed E-state index contributed by atoms with van der Waals surface area (Å²) < 4.78 is 1.64. The Labute approximate surface area is 130 Å². The molecule has 2 rings (SSSR count). The fourth-order valence-corrected chi connectivity index (χ4v) is 2.23. The van der Waals surface area contributed by atoms with Gasteiger partial charge < -0.3 is 10.4 Å². The summed E-state index contributed by atoms with van der Waals surface area (Å²) in [5, 5.41) is 17.1. The fourth-order valence-electron chi connectivity index (χ4n) is 2.23. The van der Waals surface area contributed by atoms with Crippen molar-refractivity contribution in [2.24, 2.45) is 0 Å². The second kappa shape index (κ2) is 6.70. The van der Waals surface area contributed by atoms with Crippen LogP contribution in [0.25, 0.3) is 5.69 Å². The molecule has 1 amide bonds. The third-order valence-electron chi connectivity index (χ3n) is 4.03. The molecule has 0 saturated carbocycles. The number of hydrogen-bond acceptors (Lipinski definition) is 4. The fraction of sp³-hybridized carbons (Fsp3) is 0.438. The number of aromatic nitrogens is 3. The highest BCUT2D eigenvalue weighted by Crippen LogP contribution is 2.16. The highest BCUT2D eigenvalue weighted by atomic mass is 16.3. The number of aryl methyl sites for hydroxylation is 1. The van der Waals surface area contributed by atoms with Gasteiger partial charge in [-0.1, -0.05) is 13.8 Å². The van der Waals surface area contributed by atoms with Crippen molar-refractivity contribution in [1.29, 1.82) is 0 Å². The Morgan fingerprint density at radius 3 is 2.64 bits per heavy atom. The first-order valence-electron chi connectivity index (χ1n) is 7.45. The topological polar surface area (TPSA) is 80.0 Å². The van der Waals surface area contributed by atoms with Gasteiger partial charge in [0, 0.05) is 12.1 Å². The van der Waals surface area contributed by atoms with Gasteiger partial charge >= 0.3 is 0 Å². The number of nitrogens with one attached hydrogen (secondary N) is 1. The van der Waals surface area contributed by atoms with E-state index < -0.39 is 5.60 Å². The van der Waals surface area contributed by atoms with Crippen molar-refractivity contribution in [2.45, 2.75) is 39.2 Å². The van der Waals surface area contributed by atoms with E-state index in [0.717, 1.165) is 11.3 Å². The van der Waals surface area contributed by atoms with Crippen molar-refractivity contribution >= 4 is 5.91 Å². The summed E-state index contributed by atoms with van der Waals surface area (Å²) in [6, 6.07) is 5.47. The second-order valence-corrected chi connectivity index (χ2v) is 5.45. The molecule has 2 N–H and O–H groups in total. The van der Waals surface area contributed by atoms with Gasteiger partial charge in [-0.05, 0) is 43.5 Å². The molecular weight excluding hydrogens is 280 g/mol. The molecule has 0 aliphatic rings. The Hall–Kier alpha value is -2.21. The molecule has 6 heteroatoms. The van der Waals surface area contributed by atoms with Crippen molar-refractivity contribution in [3.05, 3.63) is 42.0 Å². The van der Waals surface area contributed by atoms with Crippen LogP contribution < -0.4 is 5.32 Å². The van der Waals surface area contributed by atoms with E-state index in [1.165, 1.54) is 6.33 Å². The van der Waals surface area contributed by atoms with Crippen LogP contribution in [-0.2, 0) is 0 Å². The molecule has 0 bridgehead atoms. The van der Waals surface area contributed by atoms with Crippen LogP contribution >= 0.6 is 0 Å². The molecule has 0 saturated heterocycles. The van der Waals surface area contributed by atoms with Gasteiger partial charge in [0.2, 0.25) is 0 Å². The molecule has 22 heavy (non-hydrogen) atoms. The van der Waals surface area contributed by atoms with E-state index in [4.69, 9.17) is 0 Å². The zero-order chi connectivity index (χ0) is 16.2. The van der Waals surface area contributed by atoms with Crippen molar-refractivity contribution < 1.29 is 9.90 Å². The van der Waals surface area contributed by atoms with Crippen LogP contribution in [0, 0.1) is 6.92 Å². The number of amides is 1. The summed E-state index contributed by atoms with van der Waals surface area (Å²) in [6.07, 6.45) is 4.28. The van der Waals surface area contributed by atoms with E-state index in [9.17, 15) is 9.90 Å². The average Bonchev–Trinajstić information content (AvgIpc) is 3.06. The van der Waals surface area contributed by atoms with Crippen molar-refractivity contribution in [3.8, 4) is 5.69 Å². The van der Waals surface area contributed by atoms with Crippen LogP contribution in [0.1, 0.15) is 42.6 Å². The highest BCUT2D eigenvalue weighted by molar-refractivity contribution is 5.95. The van der Waals surface area contributed by atoms with Crippen LogP contribution in [0.3, 0.4) is 0 Å². The molecule has 1 aromatic heterocycles. The monoisotopic (exact) mass is 302 g/mol. The molecule has 0 atom stereocenters. The molecule has 1 heterocycles. The third kappa shape index (κ3) is 3.51. The maximum atomic E-state index is 12.3. The van der Waals surface area contributed by atoms with Gasteiger partial charge in [-0.15, -0.1) is 0 Å². The first-order valence-corrected chi connectivity index (χ1v) is 7.45. The molecule has 2 aromatic rings. The molecular formula is C16H22N4O2. The van der Waals surface area contributed by atoms with Gasteiger partial charge in [-0.25, -0.2) is 9.67 Å². The van der Waals surface area contributed by atoms with Gasteiger partial charge in [0.25, 0.3) is 5.91 Å². The molecule has 0 aliphatic heterocycles. The summed E-state index contributed by atoms with van der Waals surface area (Å²) in [4.78, 5) is 16.2. The van der Waals surface area contributed by atoms with Gasteiger partial charge in [-0.3, -0.25) is 4.79 Å². The lowest BCUT2D eigenvalue weighted by molar-refractivity contribution is 0.0314. The largest absolute Gasteiger partial charge is 0.388 e. The summed E-state index contributed by atoms with van der Waals surface area (Å²) in [6.45, 7) is 5.95. The van der Waals surface area contributed by atoms with Crippen LogP contribution in [0.4, 0.5) is 0 Å². The number of benzene rings is 1. The number of nitrogens with zero attached hydrogens (tertiary/aromatic N) is 3. The van der Waals surface area contributed by atoms with E-state index in [1.807, 2.05) is 32.9 Å². The van der Waals surface area contributed by atoms with E-state index >= 15 is 0 Å². The maximum absolute atomic E-state index is 12.3. The zero-order valence-corrected chi connectivity index (χ0v) is 13.2. The molecule has 0 aliphatic carbocycles. The Bertz CT molecular complexity index is 634. The predicted molar refractivity (Wildman–Crippen MR) is 84.0 cm³/mol. The molecule has 118 valence electrons. The number of hydrogen-bond donors (Lipinski definition) is 2. The van der Waals surface area contributed by atoms with Gasteiger partial charge in [0.1, 0.15) is 12.7 Å². The molecule has 0 fully saturated rings. The van der Waals surface area contributed by atoms with E-state index in [0.29, 0.717) is 18.4 Å². The van der Waals surface area contributed by atoms with E-state index in [-0.39, 0.29) is 12.5 Å². The summed E-state index contributed by atoms with van der Waals surface area (Å²) in [5.74, 6) is -0.178. The minimum Gasteiger partial charge on any atom is -0.388 e. The van der Waals surface area contributed by atoms with Crippen molar-refractivity contribution in [2.75, 3.05) is 6.54 Å². The SMILES string of the molecule is CCC(O)(CC)CNC(=O)c1ccc(-n2cncn2)cc1C. The normalized spacial score (nSPS) is 11.5. The van der Waals surface area contributed by atoms with E-state index in [2.05, 4.69) is 15.4 Å². The second-order valence-electron chi connectivity index (χ2n) is 5.45. The van der Waals surface area contributed by atoms with Gasteiger partial charge in [-0.2, -0.15) is 5.10 Å². The average molecular weight is 302 g/mol. The first kappa shape index (κ1) is 16.2. The zero-order valence-electron chi connectivity index (χ0n) is 13.2. The van der Waals surface area contributed by atoms with Crippen LogP contribution in [0.15, 0.2) is 30.9 Å². The summed E-state index contributed by atoms with van der Waals surface area (Å²) in [7, 11) is 0. The molecule has 6 nitrogen and oxygen atoms in total. The number of carbonyl (C=O) groups is 1. The lowest BCUT2D eigenvalue weighted by Crippen LogP contribution is -2.42. The molecule has 0 radical (unpaired) electrons. The minimum atomic E-state index is -0.843. The quantitative estimate of drug-likeness (QED) is 0.853. The smallest absolute Gasteiger partial charge is 0.251 e. The van der Waals surface area contributed by atoms with Crippen molar-refractivity contribution in [3.63, 3.8) is 0 Å². The Morgan fingerprint density at radius 2 is 2.09 bits per heavy atom. The number of carbonyl (C=O) groups excluding carboxylic acids is 1. The highest BCUT2D eigenvalue weighted by Gasteiger charge is 2.23. The minimum absolute atomic E-state index is 0.178. The van der Waals surface area contributed by atoms with Gasteiger partial charge in [0.15, 0.2) is 0 Å². The summed E-state index contributed by atoms with van der Waals surface area (Å²) >= 11 is 0. The van der Waals surface area contributed by atoms with Gasteiger partial charge in [0.05, 0.1) is 11.3 Å². The van der Waals surface area contributed by atoms with Crippen molar-refractivity contribution in [1.82, 2.24) is 20.1 Å². The number of rotatable bonds is 6. The van der Waals surface area contributed by atoms with Crippen LogP contribution in [0.2, 0.25) is 0 Å². The maximum Gasteiger partial charge on any atom is 0.251 e. The standard InChI is InChI=1S/C16H22N4O2/c1-4-16(22,5-2)9-18-15(21)14-7-6-13(8-12(14)3)20-11-17-10-19-20/h6-8,10-11,22H,4-5,9H2,1-3H3,(H,18,21). The third-order valence-corrected chi connectivity index (χ3v) is 4.03. The Balaban J connectivity index is 2.11. The first-order chi connectivity index (χ1) is 10.5. The lowest BCUT2D eigenvalue weighted by Gasteiger charge is -2.25. The molecule has 1 aromatic carbocycles. The van der Waals surface area contributed by atoms with Crippen LogP contribution in [0.5, 0.6) is 0 Å². The predicted octanol–water partition coefficient (Wildman–Crippen LogP) is 1.86. The van der Waals surface area contributed by atoms with E-state index in [1.54, 1.807) is 17.1 Å². The summed E-state index contributed by atoms with van der Waals surface area (Å²) in [5.41, 5.74) is 1.45. The Morgan fingerprint density at radius 1 is 1.36 bits per heavy atom. The molecule has 0 unspecified atom stereocenters. The molecule has 0 spiro atoms. The number of aliphatic hydroxyl groups is 1. The Kier molecular flexibility index (Phi) is 4.92.